The summed E-state index contributed by atoms with van der Waals surface area (Å²) in [7, 11) is -4.11. The van der Waals surface area contributed by atoms with Crippen LogP contribution in [0.5, 0.6) is 0 Å². The summed E-state index contributed by atoms with van der Waals surface area (Å²) in [5.74, 6) is -2.01. The average molecular weight is 547 g/mol. The van der Waals surface area contributed by atoms with Crippen LogP contribution in [-0.4, -0.2) is 62.1 Å². The molecule has 1 aliphatic heterocycles. The molecule has 1 amide bonds. The number of benzene rings is 2. The van der Waals surface area contributed by atoms with Crippen LogP contribution in [0.2, 0.25) is 5.02 Å². The van der Waals surface area contributed by atoms with E-state index in [0.29, 0.717) is 42.5 Å². The normalized spacial score (nSPS) is 21.8. The molecule has 1 saturated carbocycles. The van der Waals surface area contributed by atoms with Gasteiger partial charge in [0.1, 0.15) is 9.75 Å². The third kappa shape index (κ3) is 4.79. The van der Waals surface area contributed by atoms with Crippen LogP contribution in [0.4, 0.5) is 0 Å². The summed E-state index contributed by atoms with van der Waals surface area (Å²) in [6, 6.07) is 16.9. The molecule has 1 saturated heterocycles. The van der Waals surface area contributed by atoms with Gasteiger partial charge in [0.25, 0.3) is 15.9 Å². The lowest BCUT2D eigenvalue weighted by Crippen LogP contribution is -2.44. The lowest BCUT2D eigenvalue weighted by Gasteiger charge is -2.27. The lowest BCUT2D eigenvalue weighted by molar-refractivity contribution is -0.140. The summed E-state index contributed by atoms with van der Waals surface area (Å²) in [5.41, 5.74) is 0.176. The minimum absolute atomic E-state index is 0.0231. The van der Waals surface area contributed by atoms with E-state index >= 15 is 0 Å². The second-order valence-corrected chi connectivity index (χ2v) is 12.2. The van der Waals surface area contributed by atoms with E-state index in [4.69, 9.17) is 16.3 Å². The van der Waals surface area contributed by atoms with Gasteiger partial charge in [-0.3, -0.25) is 9.59 Å². The van der Waals surface area contributed by atoms with Crippen LogP contribution in [0.3, 0.4) is 0 Å². The summed E-state index contributed by atoms with van der Waals surface area (Å²) < 4.78 is 34.1. The number of nitrogens with zero attached hydrogens (tertiary/aromatic N) is 1. The Balaban J connectivity index is 1.36. The molecule has 2 aliphatic rings. The third-order valence-electron chi connectivity index (χ3n) is 6.47. The maximum Gasteiger partial charge on any atom is 0.325 e. The number of ether oxygens (including phenoxy) is 1. The van der Waals surface area contributed by atoms with E-state index in [1.807, 2.05) is 0 Å². The first kappa shape index (κ1) is 24.9. The molecule has 8 nitrogen and oxygen atoms in total. The number of carboxylic acids is 1. The van der Waals surface area contributed by atoms with Gasteiger partial charge in [-0.25, -0.2) is 8.42 Å². The number of carboxylic acid groups (broad SMARTS) is 1. The van der Waals surface area contributed by atoms with Crippen LogP contribution < -0.4 is 4.72 Å². The maximum atomic E-state index is 13.2. The van der Waals surface area contributed by atoms with Gasteiger partial charge >= 0.3 is 5.97 Å². The van der Waals surface area contributed by atoms with Crippen molar-refractivity contribution in [2.45, 2.75) is 22.1 Å². The van der Waals surface area contributed by atoms with Gasteiger partial charge in [-0.1, -0.05) is 35.9 Å². The molecule has 188 valence electrons. The summed E-state index contributed by atoms with van der Waals surface area (Å²) in [6.45, 7) is 1.93. The molecule has 1 aromatic heterocycles. The Labute approximate surface area is 217 Å². The first-order valence-corrected chi connectivity index (χ1v) is 14.0. The van der Waals surface area contributed by atoms with Crippen LogP contribution in [-0.2, 0) is 19.6 Å². The van der Waals surface area contributed by atoms with E-state index in [9.17, 15) is 23.1 Å². The highest BCUT2D eigenvalue weighted by Crippen LogP contribution is 2.53. The van der Waals surface area contributed by atoms with Gasteiger partial charge in [-0.15, -0.1) is 11.3 Å². The Morgan fingerprint density at radius 3 is 2.50 bits per heavy atom. The number of sulfonamides is 1. The molecule has 3 aromatic rings. The average Bonchev–Trinajstić information content (AvgIpc) is 3.37. The molecule has 0 spiro atoms. The van der Waals surface area contributed by atoms with Gasteiger partial charge in [0.2, 0.25) is 0 Å². The SMILES string of the molecule is O=C(c1cccc([C@@H]2CC2(NS(=O)(=O)c2ccc(-c3ccc(Cl)cc3)s2)C(=O)O)c1)N1CCOCC1. The molecule has 5 rings (SSSR count). The fraction of sp³-hybridized carbons (Fsp3) is 0.280. The molecule has 11 heteroatoms. The van der Waals surface area contributed by atoms with Crippen LogP contribution >= 0.6 is 22.9 Å². The first-order valence-electron chi connectivity index (χ1n) is 11.3. The second kappa shape index (κ2) is 9.60. The number of hydrogen-bond donors (Lipinski definition) is 2. The number of carbonyl (C=O) groups excluding carboxylic acids is 1. The summed E-state index contributed by atoms with van der Waals surface area (Å²) in [5, 5.41) is 10.6. The number of halogens is 1. The van der Waals surface area contributed by atoms with Crippen LogP contribution in [0, 0.1) is 0 Å². The summed E-state index contributed by atoms with van der Waals surface area (Å²) in [4.78, 5) is 27.6. The van der Waals surface area contributed by atoms with Crippen molar-refractivity contribution in [3.63, 3.8) is 0 Å². The van der Waals surface area contributed by atoms with Gasteiger partial charge in [-0.05, 0) is 53.9 Å². The van der Waals surface area contributed by atoms with Gasteiger partial charge < -0.3 is 14.7 Å². The van der Waals surface area contributed by atoms with E-state index in [2.05, 4.69) is 4.72 Å². The van der Waals surface area contributed by atoms with Crippen molar-refractivity contribution in [1.82, 2.24) is 9.62 Å². The Bertz CT molecular complexity index is 1420. The van der Waals surface area contributed by atoms with Gasteiger partial charge in [0.05, 0.1) is 13.2 Å². The van der Waals surface area contributed by atoms with E-state index in [-0.39, 0.29) is 16.5 Å². The standard InChI is InChI=1S/C25H23ClN2O6S2/c26-19-6-4-16(5-7-19)21-8-9-22(35-21)36(32,33)27-25(24(30)31)15-20(25)17-2-1-3-18(14-17)23(29)28-10-12-34-13-11-28/h1-9,14,20,27H,10-13,15H2,(H,30,31)/t20-,25?/m0/s1. The fourth-order valence-corrected chi connectivity index (χ4v) is 7.26. The Morgan fingerprint density at radius 2 is 1.81 bits per heavy atom. The predicted octanol–water partition coefficient (Wildman–Crippen LogP) is 3.83. The fourth-order valence-electron chi connectivity index (χ4n) is 4.42. The molecule has 2 atom stereocenters. The van der Waals surface area contributed by atoms with E-state index in [0.717, 1.165) is 21.8 Å². The van der Waals surface area contributed by atoms with Crippen molar-refractivity contribution < 1.29 is 27.9 Å². The number of rotatable bonds is 7. The molecule has 2 heterocycles. The van der Waals surface area contributed by atoms with E-state index in [1.165, 1.54) is 6.07 Å². The van der Waals surface area contributed by atoms with Crippen molar-refractivity contribution in [3.05, 3.63) is 76.8 Å². The minimum Gasteiger partial charge on any atom is -0.480 e. The van der Waals surface area contributed by atoms with Gasteiger partial charge in [0, 0.05) is 34.5 Å². The Kier molecular flexibility index (Phi) is 6.65. The zero-order valence-corrected chi connectivity index (χ0v) is 21.4. The largest absolute Gasteiger partial charge is 0.480 e. The highest BCUT2D eigenvalue weighted by Gasteiger charge is 2.63. The maximum absolute atomic E-state index is 13.2. The smallest absolute Gasteiger partial charge is 0.325 e. The second-order valence-electron chi connectivity index (χ2n) is 8.79. The number of morpholine rings is 1. The number of aliphatic carboxylic acids is 1. The molecular formula is C25H23ClN2O6S2. The molecule has 2 N–H and O–H groups in total. The zero-order chi connectivity index (χ0) is 25.5. The van der Waals surface area contributed by atoms with Crippen molar-refractivity contribution in [2.75, 3.05) is 26.3 Å². The summed E-state index contributed by atoms with van der Waals surface area (Å²) in [6.07, 6.45) is 0.0895. The highest BCUT2D eigenvalue weighted by atomic mass is 35.5. The monoisotopic (exact) mass is 546 g/mol. The lowest BCUT2D eigenvalue weighted by atomic mass is 10.0. The number of carbonyl (C=O) groups is 2. The summed E-state index contributed by atoms with van der Waals surface area (Å²) >= 11 is 6.98. The van der Waals surface area contributed by atoms with Crippen LogP contribution in [0.1, 0.15) is 28.3 Å². The molecule has 2 aromatic carbocycles. The number of thiophene rings is 1. The Morgan fingerprint density at radius 1 is 1.08 bits per heavy atom. The van der Waals surface area contributed by atoms with E-state index in [1.54, 1.807) is 59.5 Å². The molecule has 36 heavy (non-hydrogen) atoms. The number of amides is 1. The van der Waals surface area contributed by atoms with Crippen LogP contribution in [0.15, 0.2) is 64.9 Å². The van der Waals surface area contributed by atoms with Crippen molar-refractivity contribution in [2.24, 2.45) is 0 Å². The predicted molar refractivity (Wildman–Crippen MR) is 136 cm³/mol. The first-order chi connectivity index (χ1) is 17.2. The molecule has 1 aliphatic carbocycles. The quantitative estimate of drug-likeness (QED) is 0.466. The van der Waals surface area contributed by atoms with Crippen molar-refractivity contribution in [3.8, 4) is 10.4 Å². The number of nitrogens with one attached hydrogen (secondary N) is 1. The minimum atomic E-state index is -4.11. The third-order valence-corrected chi connectivity index (χ3v) is 9.86. The molecule has 0 radical (unpaired) electrons. The van der Waals surface area contributed by atoms with Crippen molar-refractivity contribution in [1.29, 1.82) is 0 Å². The van der Waals surface area contributed by atoms with Gasteiger partial charge in [-0.2, -0.15) is 4.72 Å². The molecule has 2 fully saturated rings. The molecule has 0 bridgehead atoms. The highest BCUT2D eigenvalue weighted by molar-refractivity contribution is 7.91. The molecule has 1 unspecified atom stereocenters. The zero-order valence-electron chi connectivity index (χ0n) is 19.0. The van der Waals surface area contributed by atoms with Crippen LogP contribution in [0.25, 0.3) is 10.4 Å². The molecular weight excluding hydrogens is 524 g/mol. The number of hydrogen-bond acceptors (Lipinski definition) is 6. The van der Waals surface area contributed by atoms with E-state index < -0.39 is 27.4 Å². The topological polar surface area (TPSA) is 113 Å². The Hall–Kier alpha value is -2.76. The van der Waals surface area contributed by atoms with Crippen molar-refractivity contribution >= 4 is 44.8 Å². The van der Waals surface area contributed by atoms with Gasteiger partial charge in [0.15, 0.2) is 0 Å².